The molecule has 1 aromatic rings. The molecule has 0 saturated heterocycles. The van der Waals surface area contributed by atoms with Crippen molar-refractivity contribution in [3.8, 4) is 5.75 Å². The van der Waals surface area contributed by atoms with Crippen LogP contribution in [0, 0.1) is 11.7 Å². The first-order valence-electron chi connectivity index (χ1n) is 6.43. The molecule has 1 aromatic carbocycles. The van der Waals surface area contributed by atoms with Crippen molar-refractivity contribution in [2.45, 2.75) is 25.9 Å². The van der Waals surface area contributed by atoms with Gasteiger partial charge in [-0.15, -0.1) is 0 Å². The van der Waals surface area contributed by atoms with Gasteiger partial charge in [-0.1, -0.05) is 0 Å². The predicted octanol–water partition coefficient (Wildman–Crippen LogP) is 1.78. The maximum Gasteiger partial charge on any atom is 0.257 e. The molecule has 19 heavy (non-hydrogen) atoms. The summed E-state index contributed by atoms with van der Waals surface area (Å²) in [4.78, 5) is 11.4. The molecule has 2 rings (SSSR count). The summed E-state index contributed by atoms with van der Waals surface area (Å²) in [6.07, 6.45) is 1.48. The van der Waals surface area contributed by atoms with Crippen molar-refractivity contribution in [3.05, 3.63) is 29.6 Å². The number of amides is 1. The predicted molar refractivity (Wildman–Crippen MR) is 68.3 cm³/mol. The van der Waals surface area contributed by atoms with Crippen molar-refractivity contribution in [2.75, 3.05) is 13.2 Å². The van der Waals surface area contributed by atoms with E-state index in [0.29, 0.717) is 12.5 Å². The summed E-state index contributed by atoms with van der Waals surface area (Å²) in [5.41, 5.74) is 0.213. The molecule has 1 unspecified atom stereocenters. The summed E-state index contributed by atoms with van der Waals surface area (Å²) in [5.74, 6) is 0.160. The Labute approximate surface area is 111 Å². The van der Waals surface area contributed by atoms with Crippen LogP contribution in [0.1, 0.15) is 31.4 Å². The third-order valence-corrected chi connectivity index (χ3v) is 3.08. The van der Waals surface area contributed by atoms with Gasteiger partial charge >= 0.3 is 0 Å². The smallest absolute Gasteiger partial charge is 0.257 e. The first kappa shape index (κ1) is 13.8. The Hall–Kier alpha value is -1.62. The zero-order valence-electron chi connectivity index (χ0n) is 10.9. The van der Waals surface area contributed by atoms with Gasteiger partial charge in [-0.3, -0.25) is 4.79 Å². The molecule has 104 valence electrons. The summed E-state index contributed by atoms with van der Waals surface area (Å²) >= 11 is 0. The zero-order valence-corrected chi connectivity index (χ0v) is 10.9. The lowest BCUT2D eigenvalue weighted by Crippen LogP contribution is -2.30. The van der Waals surface area contributed by atoms with E-state index in [2.05, 4.69) is 5.32 Å². The van der Waals surface area contributed by atoms with Crippen LogP contribution in [0.2, 0.25) is 0 Å². The van der Waals surface area contributed by atoms with Gasteiger partial charge in [-0.2, -0.15) is 0 Å². The Bertz CT molecular complexity index is 458. The molecule has 0 radical (unpaired) electrons. The number of carbonyl (C=O) groups excluding carboxylic acids is 1. The monoisotopic (exact) mass is 267 g/mol. The third-order valence-electron chi connectivity index (χ3n) is 3.08. The van der Waals surface area contributed by atoms with E-state index in [-0.39, 0.29) is 23.8 Å². The largest absolute Gasteiger partial charge is 0.484 e. The standard InChI is InChI=1S/C14H18FNO3/c1-9(17)12-5-4-11(6-13(12)15)19-8-14(18)16-7-10-2-3-10/h4-6,9-10,17H,2-3,7-8H2,1H3,(H,16,18). The summed E-state index contributed by atoms with van der Waals surface area (Å²) in [6.45, 7) is 2.06. The Balaban J connectivity index is 1.81. The minimum absolute atomic E-state index is 0.125. The normalized spacial score (nSPS) is 15.9. The van der Waals surface area contributed by atoms with Crippen molar-refractivity contribution in [1.82, 2.24) is 5.32 Å². The number of carbonyl (C=O) groups is 1. The zero-order chi connectivity index (χ0) is 13.8. The number of hydrogen-bond donors (Lipinski definition) is 2. The van der Waals surface area contributed by atoms with E-state index >= 15 is 0 Å². The van der Waals surface area contributed by atoms with Crippen LogP contribution in [0.3, 0.4) is 0 Å². The Morgan fingerprint density at radius 2 is 2.32 bits per heavy atom. The van der Waals surface area contributed by atoms with Crippen molar-refractivity contribution in [3.63, 3.8) is 0 Å². The van der Waals surface area contributed by atoms with E-state index in [1.807, 2.05) is 0 Å². The second kappa shape index (κ2) is 6.02. The minimum Gasteiger partial charge on any atom is -0.484 e. The van der Waals surface area contributed by atoms with E-state index in [1.165, 1.54) is 31.9 Å². The number of nitrogens with one attached hydrogen (secondary N) is 1. The minimum atomic E-state index is -0.865. The molecular formula is C14H18FNO3. The van der Waals surface area contributed by atoms with Gasteiger partial charge in [0.15, 0.2) is 6.61 Å². The van der Waals surface area contributed by atoms with Crippen LogP contribution in [0.4, 0.5) is 4.39 Å². The highest BCUT2D eigenvalue weighted by Crippen LogP contribution is 2.27. The van der Waals surface area contributed by atoms with Gasteiger partial charge in [0, 0.05) is 18.2 Å². The van der Waals surface area contributed by atoms with E-state index in [0.717, 1.165) is 0 Å². The van der Waals surface area contributed by atoms with Crippen LogP contribution >= 0.6 is 0 Å². The van der Waals surface area contributed by atoms with Gasteiger partial charge in [0.25, 0.3) is 5.91 Å². The van der Waals surface area contributed by atoms with Gasteiger partial charge in [0.2, 0.25) is 0 Å². The van der Waals surface area contributed by atoms with E-state index in [4.69, 9.17) is 4.74 Å². The first-order chi connectivity index (χ1) is 9.06. The molecule has 4 nitrogen and oxygen atoms in total. The molecule has 0 heterocycles. The maximum absolute atomic E-state index is 13.5. The lowest BCUT2D eigenvalue weighted by molar-refractivity contribution is -0.123. The highest BCUT2D eigenvalue weighted by atomic mass is 19.1. The van der Waals surface area contributed by atoms with Crippen LogP contribution in [0.25, 0.3) is 0 Å². The quantitative estimate of drug-likeness (QED) is 0.826. The molecule has 0 aliphatic heterocycles. The molecule has 5 heteroatoms. The first-order valence-corrected chi connectivity index (χ1v) is 6.43. The van der Waals surface area contributed by atoms with Crippen LogP contribution in [0.15, 0.2) is 18.2 Å². The van der Waals surface area contributed by atoms with Gasteiger partial charge in [-0.25, -0.2) is 4.39 Å². The van der Waals surface area contributed by atoms with Gasteiger partial charge in [-0.05, 0) is 37.8 Å². The van der Waals surface area contributed by atoms with E-state index in [1.54, 1.807) is 6.07 Å². The summed E-state index contributed by atoms with van der Waals surface area (Å²) in [5, 5.41) is 12.1. The molecule has 1 aliphatic carbocycles. The Morgan fingerprint density at radius 3 is 2.89 bits per heavy atom. The second-order valence-electron chi connectivity index (χ2n) is 4.90. The number of benzene rings is 1. The summed E-state index contributed by atoms with van der Waals surface area (Å²) < 4.78 is 18.7. The number of aliphatic hydroxyl groups is 1. The van der Waals surface area contributed by atoms with Crippen LogP contribution < -0.4 is 10.1 Å². The highest BCUT2D eigenvalue weighted by molar-refractivity contribution is 5.77. The topological polar surface area (TPSA) is 58.6 Å². The van der Waals surface area contributed by atoms with E-state index < -0.39 is 11.9 Å². The summed E-state index contributed by atoms with van der Waals surface area (Å²) in [6, 6.07) is 4.17. The van der Waals surface area contributed by atoms with Crippen molar-refractivity contribution >= 4 is 5.91 Å². The lowest BCUT2D eigenvalue weighted by atomic mass is 10.1. The molecule has 1 atom stereocenters. The highest BCUT2D eigenvalue weighted by Gasteiger charge is 2.21. The Kier molecular flexibility index (Phi) is 4.37. The summed E-state index contributed by atoms with van der Waals surface area (Å²) in [7, 11) is 0. The average Bonchev–Trinajstić information content (AvgIpc) is 3.17. The third kappa shape index (κ3) is 4.21. The van der Waals surface area contributed by atoms with Crippen LogP contribution in [0.5, 0.6) is 5.75 Å². The molecule has 0 aromatic heterocycles. The fraction of sp³-hybridized carbons (Fsp3) is 0.500. The Morgan fingerprint density at radius 1 is 1.58 bits per heavy atom. The van der Waals surface area contributed by atoms with Crippen molar-refractivity contribution < 1.29 is 19.0 Å². The van der Waals surface area contributed by atoms with Crippen molar-refractivity contribution in [2.24, 2.45) is 5.92 Å². The van der Waals surface area contributed by atoms with E-state index in [9.17, 15) is 14.3 Å². The van der Waals surface area contributed by atoms with Crippen molar-refractivity contribution in [1.29, 1.82) is 0 Å². The van der Waals surface area contributed by atoms with Gasteiger partial charge in [0.05, 0.1) is 6.10 Å². The number of aliphatic hydroxyl groups excluding tert-OH is 1. The molecule has 2 N–H and O–H groups in total. The van der Waals surface area contributed by atoms with Gasteiger partial charge in [0.1, 0.15) is 11.6 Å². The number of rotatable bonds is 6. The second-order valence-corrected chi connectivity index (χ2v) is 4.90. The molecule has 1 saturated carbocycles. The van der Waals surface area contributed by atoms with Gasteiger partial charge < -0.3 is 15.2 Å². The lowest BCUT2D eigenvalue weighted by Gasteiger charge is -2.10. The molecule has 0 bridgehead atoms. The number of halogens is 1. The molecule has 1 amide bonds. The average molecular weight is 267 g/mol. The molecule has 0 spiro atoms. The maximum atomic E-state index is 13.5. The fourth-order valence-corrected chi connectivity index (χ4v) is 1.72. The fourth-order valence-electron chi connectivity index (χ4n) is 1.72. The SMILES string of the molecule is CC(O)c1ccc(OCC(=O)NCC2CC2)cc1F. The molecular weight excluding hydrogens is 249 g/mol. The van der Waals surface area contributed by atoms with Crippen LogP contribution in [-0.4, -0.2) is 24.2 Å². The molecule has 1 fully saturated rings. The molecule has 1 aliphatic rings. The van der Waals surface area contributed by atoms with Crippen LogP contribution in [-0.2, 0) is 4.79 Å². The number of ether oxygens (including phenoxy) is 1. The number of hydrogen-bond acceptors (Lipinski definition) is 3.